The second-order valence-corrected chi connectivity index (χ2v) is 6.81. The molecule has 0 saturated carbocycles. The minimum absolute atomic E-state index is 0.324. The molecule has 0 N–H and O–H groups in total. The van der Waals surface area contributed by atoms with Gasteiger partial charge in [0.1, 0.15) is 0 Å². The topological polar surface area (TPSA) is 17.3 Å². The van der Waals surface area contributed by atoms with Gasteiger partial charge in [0.15, 0.2) is 0 Å². The molecule has 3 aromatic carbocycles. The zero-order valence-corrected chi connectivity index (χ0v) is 15.2. The van der Waals surface area contributed by atoms with Gasteiger partial charge in [0.25, 0.3) is 0 Å². The van der Waals surface area contributed by atoms with E-state index in [1.807, 2.05) is 66.7 Å². The van der Waals surface area contributed by atoms with Crippen LogP contribution in [0.3, 0.4) is 0 Å². The smallest absolute Gasteiger partial charge is 0.289 e. The SMILES string of the molecule is FC(F)(F)c1nc2ccccc2c2c(/C=C/c3ccccc3)c3ccccc3n12. The van der Waals surface area contributed by atoms with Crippen molar-refractivity contribution >= 4 is 39.5 Å². The van der Waals surface area contributed by atoms with Gasteiger partial charge in [-0.1, -0.05) is 78.9 Å². The molecule has 0 fully saturated rings. The number of para-hydroxylation sites is 2. The lowest BCUT2D eigenvalue weighted by molar-refractivity contribution is -0.145. The summed E-state index contributed by atoms with van der Waals surface area (Å²) in [5.41, 5.74) is 3.04. The number of benzene rings is 3. The fraction of sp³-hybridized carbons (Fsp3) is 0.0417. The van der Waals surface area contributed by atoms with E-state index in [0.717, 1.165) is 16.5 Å². The zero-order chi connectivity index (χ0) is 20.0. The highest BCUT2D eigenvalue weighted by Crippen LogP contribution is 2.38. The Bertz CT molecular complexity index is 1380. The van der Waals surface area contributed by atoms with Gasteiger partial charge in [-0.05, 0) is 17.7 Å². The van der Waals surface area contributed by atoms with Gasteiger partial charge in [0.2, 0.25) is 5.82 Å². The summed E-state index contributed by atoms with van der Waals surface area (Å²) in [4.78, 5) is 3.97. The van der Waals surface area contributed by atoms with Crippen LogP contribution in [-0.2, 0) is 6.18 Å². The molecular weight excluding hydrogens is 373 g/mol. The molecule has 0 aliphatic rings. The lowest BCUT2D eigenvalue weighted by Crippen LogP contribution is -2.14. The molecule has 0 spiro atoms. The maximum Gasteiger partial charge on any atom is 0.450 e. The molecule has 0 radical (unpaired) electrons. The third-order valence-electron chi connectivity index (χ3n) is 5.01. The second-order valence-electron chi connectivity index (χ2n) is 6.81. The van der Waals surface area contributed by atoms with Gasteiger partial charge in [-0.3, -0.25) is 4.40 Å². The predicted molar refractivity (Wildman–Crippen MR) is 111 cm³/mol. The van der Waals surface area contributed by atoms with Crippen molar-refractivity contribution in [1.29, 1.82) is 0 Å². The van der Waals surface area contributed by atoms with Gasteiger partial charge >= 0.3 is 6.18 Å². The molecule has 0 saturated heterocycles. The van der Waals surface area contributed by atoms with Crippen LogP contribution in [0.4, 0.5) is 13.2 Å². The van der Waals surface area contributed by atoms with E-state index in [1.54, 1.807) is 24.3 Å². The second kappa shape index (κ2) is 6.48. The first-order valence-corrected chi connectivity index (χ1v) is 9.16. The fourth-order valence-electron chi connectivity index (χ4n) is 3.79. The van der Waals surface area contributed by atoms with Crippen LogP contribution in [0.2, 0.25) is 0 Å². The molecule has 5 rings (SSSR count). The lowest BCUT2D eigenvalue weighted by Gasteiger charge is -2.12. The summed E-state index contributed by atoms with van der Waals surface area (Å²) < 4.78 is 43.0. The number of hydrogen-bond acceptors (Lipinski definition) is 1. The average Bonchev–Trinajstić information content (AvgIpc) is 3.06. The molecule has 5 heteroatoms. The van der Waals surface area contributed by atoms with E-state index < -0.39 is 12.0 Å². The summed E-state index contributed by atoms with van der Waals surface area (Å²) in [5, 5.41) is 1.44. The van der Waals surface area contributed by atoms with Crippen molar-refractivity contribution in [2.24, 2.45) is 0 Å². The number of alkyl halides is 3. The lowest BCUT2D eigenvalue weighted by atomic mass is 10.1. The standard InChI is InChI=1S/C24H15F3N2/c25-24(26,27)23-28-20-12-6-4-11-19(20)22-18(15-14-16-8-2-1-3-9-16)17-10-5-7-13-21(17)29(22)23/h1-15H/b15-14+. The van der Waals surface area contributed by atoms with Crippen molar-refractivity contribution in [2.45, 2.75) is 6.18 Å². The Morgan fingerprint density at radius 2 is 1.38 bits per heavy atom. The molecule has 0 atom stereocenters. The fourth-order valence-corrected chi connectivity index (χ4v) is 3.79. The average molecular weight is 388 g/mol. The number of aromatic nitrogens is 2. The largest absolute Gasteiger partial charge is 0.450 e. The molecule has 0 aliphatic heterocycles. The van der Waals surface area contributed by atoms with Gasteiger partial charge in [0, 0.05) is 16.3 Å². The Morgan fingerprint density at radius 1 is 0.724 bits per heavy atom. The van der Waals surface area contributed by atoms with Gasteiger partial charge in [-0.15, -0.1) is 0 Å². The van der Waals surface area contributed by atoms with Crippen molar-refractivity contribution < 1.29 is 13.2 Å². The van der Waals surface area contributed by atoms with Crippen LogP contribution < -0.4 is 0 Å². The van der Waals surface area contributed by atoms with E-state index in [2.05, 4.69) is 4.98 Å². The summed E-state index contributed by atoms with van der Waals surface area (Å²) in [6.07, 6.45) is -0.770. The van der Waals surface area contributed by atoms with Crippen molar-refractivity contribution in [3.05, 3.63) is 95.8 Å². The third kappa shape index (κ3) is 2.86. The summed E-state index contributed by atoms with van der Waals surface area (Å²) in [5.74, 6) is -0.915. The Labute approximate surface area is 164 Å². The van der Waals surface area contributed by atoms with Gasteiger partial charge in [0.05, 0.1) is 16.6 Å². The Hall–Kier alpha value is -3.60. The Kier molecular flexibility index (Phi) is 3.91. The Balaban J connectivity index is 1.96. The molecule has 2 aromatic heterocycles. The Morgan fingerprint density at radius 3 is 2.14 bits per heavy atom. The summed E-state index contributed by atoms with van der Waals surface area (Å²) in [6, 6.07) is 23.8. The van der Waals surface area contributed by atoms with E-state index in [9.17, 15) is 13.2 Å². The highest BCUT2D eigenvalue weighted by molar-refractivity contribution is 6.09. The number of hydrogen-bond donors (Lipinski definition) is 0. The van der Waals surface area contributed by atoms with E-state index in [1.165, 1.54) is 4.40 Å². The van der Waals surface area contributed by atoms with Crippen LogP contribution in [0.5, 0.6) is 0 Å². The first-order valence-electron chi connectivity index (χ1n) is 9.16. The van der Waals surface area contributed by atoms with Gasteiger partial charge in [-0.2, -0.15) is 13.2 Å². The molecule has 142 valence electrons. The number of nitrogens with zero attached hydrogens (tertiary/aromatic N) is 2. The quantitative estimate of drug-likeness (QED) is 0.324. The maximum absolute atomic E-state index is 13.9. The molecule has 0 amide bonds. The first kappa shape index (κ1) is 17.5. The molecule has 0 bridgehead atoms. The minimum Gasteiger partial charge on any atom is -0.289 e. The molecule has 29 heavy (non-hydrogen) atoms. The highest BCUT2D eigenvalue weighted by Gasteiger charge is 2.37. The molecule has 2 nitrogen and oxygen atoms in total. The molecule has 0 unspecified atom stereocenters. The third-order valence-corrected chi connectivity index (χ3v) is 5.01. The maximum atomic E-state index is 13.9. The zero-order valence-electron chi connectivity index (χ0n) is 15.2. The summed E-state index contributed by atoms with van der Waals surface area (Å²) in [7, 11) is 0. The van der Waals surface area contributed by atoms with Crippen LogP contribution in [0, 0.1) is 0 Å². The van der Waals surface area contributed by atoms with Crippen molar-refractivity contribution in [1.82, 2.24) is 9.38 Å². The predicted octanol–water partition coefficient (Wildman–Crippen LogP) is 6.83. The van der Waals surface area contributed by atoms with Gasteiger partial charge in [-0.25, -0.2) is 4.98 Å². The van der Waals surface area contributed by atoms with E-state index >= 15 is 0 Å². The minimum atomic E-state index is -4.58. The molecule has 2 heterocycles. The highest BCUT2D eigenvalue weighted by atomic mass is 19.4. The van der Waals surface area contributed by atoms with Crippen LogP contribution in [0.1, 0.15) is 17.0 Å². The van der Waals surface area contributed by atoms with Crippen LogP contribution in [0.25, 0.3) is 39.5 Å². The van der Waals surface area contributed by atoms with Crippen molar-refractivity contribution in [3.63, 3.8) is 0 Å². The van der Waals surface area contributed by atoms with Crippen LogP contribution in [0.15, 0.2) is 78.9 Å². The monoisotopic (exact) mass is 388 g/mol. The van der Waals surface area contributed by atoms with Crippen molar-refractivity contribution in [2.75, 3.05) is 0 Å². The van der Waals surface area contributed by atoms with Gasteiger partial charge < -0.3 is 0 Å². The normalized spacial score (nSPS) is 12.5. The summed E-state index contributed by atoms with van der Waals surface area (Å²) >= 11 is 0. The molecular formula is C24H15F3N2. The van der Waals surface area contributed by atoms with E-state index in [-0.39, 0.29) is 0 Å². The first-order chi connectivity index (χ1) is 14.0. The molecule has 5 aromatic rings. The van der Waals surface area contributed by atoms with Crippen molar-refractivity contribution in [3.8, 4) is 0 Å². The van der Waals surface area contributed by atoms with Crippen LogP contribution >= 0.6 is 0 Å². The van der Waals surface area contributed by atoms with Crippen LogP contribution in [-0.4, -0.2) is 9.38 Å². The number of halogens is 3. The number of rotatable bonds is 2. The summed E-state index contributed by atoms with van der Waals surface area (Å²) in [6.45, 7) is 0. The molecule has 0 aliphatic carbocycles. The van der Waals surface area contributed by atoms with E-state index in [0.29, 0.717) is 21.9 Å². The van der Waals surface area contributed by atoms with E-state index in [4.69, 9.17) is 0 Å². The number of fused-ring (bicyclic) bond motifs is 5.